The number of benzene rings is 1. The summed E-state index contributed by atoms with van der Waals surface area (Å²) in [6, 6.07) is 10.2. The molecule has 1 aromatic heterocycles. The molecule has 0 bridgehead atoms. The van der Waals surface area contributed by atoms with Gasteiger partial charge in [0, 0.05) is 23.6 Å². The lowest BCUT2D eigenvalue weighted by atomic mass is 10.1. The number of rotatable bonds is 5. The number of carbonyl (C=O) groups excluding carboxylic acids is 1. The van der Waals surface area contributed by atoms with Crippen LogP contribution < -0.4 is 5.32 Å². The Labute approximate surface area is 122 Å². The van der Waals surface area contributed by atoms with Gasteiger partial charge in [0.25, 0.3) is 5.91 Å². The second-order valence-corrected chi connectivity index (χ2v) is 5.26. The molecule has 5 nitrogen and oxygen atoms in total. The molecule has 1 saturated carbocycles. The van der Waals surface area contributed by atoms with Crippen LogP contribution in [0.3, 0.4) is 0 Å². The van der Waals surface area contributed by atoms with Crippen LogP contribution in [-0.4, -0.2) is 27.6 Å². The number of nitrogens with zero attached hydrogens (tertiary/aromatic N) is 1. The fourth-order valence-electron chi connectivity index (χ4n) is 2.33. The molecule has 0 saturated heterocycles. The molecular formula is C16H16N2O3. The monoisotopic (exact) mass is 284 g/mol. The summed E-state index contributed by atoms with van der Waals surface area (Å²) in [6.45, 7) is 0. The average molecular weight is 284 g/mol. The van der Waals surface area contributed by atoms with Gasteiger partial charge in [-0.3, -0.25) is 4.79 Å². The molecule has 0 spiro atoms. The standard InChI is InChI=1S/C16H16N2O3/c19-15(17-14(16(20)21)11-3-4-11)12-5-7-13(8-6-12)18-9-1-2-10-18/h1-2,5-11,14H,3-4H2,(H,17,19)(H,20,21). The van der Waals surface area contributed by atoms with Crippen molar-refractivity contribution in [3.63, 3.8) is 0 Å². The minimum absolute atomic E-state index is 0.0746. The van der Waals surface area contributed by atoms with Crippen molar-refractivity contribution in [3.05, 3.63) is 54.4 Å². The van der Waals surface area contributed by atoms with E-state index in [1.54, 1.807) is 12.1 Å². The third-order valence-electron chi connectivity index (χ3n) is 3.68. The predicted molar refractivity (Wildman–Crippen MR) is 77.4 cm³/mol. The number of aromatic nitrogens is 1. The molecule has 108 valence electrons. The first kappa shape index (κ1) is 13.4. The maximum atomic E-state index is 12.1. The molecule has 1 unspecified atom stereocenters. The summed E-state index contributed by atoms with van der Waals surface area (Å²) < 4.78 is 1.94. The quantitative estimate of drug-likeness (QED) is 0.883. The van der Waals surface area contributed by atoms with Crippen LogP contribution in [-0.2, 0) is 4.79 Å². The number of hydrogen-bond donors (Lipinski definition) is 2. The Hall–Kier alpha value is -2.56. The number of carboxylic acid groups (broad SMARTS) is 1. The lowest BCUT2D eigenvalue weighted by Crippen LogP contribution is -2.42. The average Bonchev–Trinajstić information content (AvgIpc) is 3.17. The van der Waals surface area contributed by atoms with Crippen LogP contribution in [0.5, 0.6) is 0 Å². The molecule has 1 aromatic carbocycles. The van der Waals surface area contributed by atoms with Crippen LogP contribution in [0.1, 0.15) is 23.2 Å². The summed E-state index contributed by atoms with van der Waals surface area (Å²) in [7, 11) is 0. The van der Waals surface area contributed by atoms with Crippen molar-refractivity contribution in [2.75, 3.05) is 0 Å². The van der Waals surface area contributed by atoms with Crippen LogP contribution in [0.2, 0.25) is 0 Å². The highest BCUT2D eigenvalue weighted by Gasteiger charge is 2.37. The first-order valence-electron chi connectivity index (χ1n) is 6.92. The van der Waals surface area contributed by atoms with Gasteiger partial charge in [0.15, 0.2) is 0 Å². The van der Waals surface area contributed by atoms with E-state index in [4.69, 9.17) is 5.11 Å². The number of amides is 1. The fourth-order valence-corrected chi connectivity index (χ4v) is 2.33. The first-order chi connectivity index (χ1) is 10.1. The van der Waals surface area contributed by atoms with E-state index in [2.05, 4.69) is 5.32 Å². The molecule has 2 aromatic rings. The molecule has 0 radical (unpaired) electrons. The molecule has 0 aliphatic heterocycles. The Morgan fingerprint density at radius 3 is 2.29 bits per heavy atom. The second kappa shape index (κ2) is 5.44. The van der Waals surface area contributed by atoms with Gasteiger partial charge in [-0.25, -0.2) is 4.79 Å². The normalized spacial score (nSPS) is 15.4. The Morgan fingerprint density at radius 2 is 1.76 bits per heavy atom. The number of aliphatic carboxylic acids is 1. The van der Waals surface area contributed by atoms with Gasteiger partial charge in [0.2, 0.25) is 0 Å². The molecule has 1 atom stereocenters. The topological polar surface area (TPSA) is 71.3 Å². The van der Waals surface area contributed by atoms with E-state index < -0.39 is 12.0 Å². The largest absolute Gasteiger partial charge is 0.480 e. The lowest BCUT2D eigenvalue weighted by molar-refractivity contribution is -0.139. The van der Waals surface area contributed by atoms with Crippen LogP contribution in [0.25, 0.3) is 5.69 Å². The number of nitrogens with one attached hydrogen (secondary N) is 1. The number of hydrogen-bond acceptors (Lipinski definition) is 2. The summed E-state index contributed by atoms with van der Waals surface area (Å²) in [6.07, 6.45) is 5.57. The van der Waals surface area contributed by atoms with Crippen molar-refractivity contribution >= 4 is 11.9 Å². The van der Waals surface area contributed by atoms with Crippen LogP contribution >= 0.6 is 0 Å². The van der Waals surface area contributed by atoms with Gasteiger partial charge in [-0.15, -0.1) is 0 Å². The Balaban J connectivity index is 1.71. The van der Waals surface area contributed by atoms with E-state index in [0.717, 1.165) is 18.5 Å². The van der Waals surface area contributed by atoms with Crippen molar-refractivity contribution in [2.45, 2.75) is 18.9 Å². The number of carboxylic acids is 1. The van der Waals surface area contributed by atoms with Crippen LogP contribution in [0.4, 0.5) is 0 Å². The van der Waals surface area contributed by atoms with E-state index in [9.17, 15) is 9.59 Å². The van der Waals surface area contributed by atoms with E-state index in [0.29, 0.717) is 5.56 Å². The predicted octanol–water partition coefficient (Wildman–Crippen LogP) is 2.07. The van der Waals surface area contributed by atoms with Gasteiger partial charge < -0.3 is 15.0 Å². The molecule has 21 heavy (non-hydrogen) atoms. The first-order valence-corrected chi connectivity index (χ1v) is 6.92. The molecule has 1 aliphatic rings. The molecule has 1 aliphatic carbocycles. The van der Waals surface area contributed by atoms with Crippen molar-refractivity contribution in [3.8, 4) is 5.69 Å². The smallest absolute Gasteiger partial charge is 0.326 e. The van der Waals surface area contributed by atoms with Crippen molar-refractivity contribution in [1.82, 2.24) is 9.88 Å². The van der Waals surface area contributed by atoms with E-state index in [-0.39, 0.29) is 11.8 Å². The third kappa shape index (κ3) is 2.97. The third-order valence-corrected chi connectivity index (χ3v) is 3.68. The molecule has 3 rings (SSSR count). The minimum Gasteiger partial charge on any atom is -0.480 e. The highest BCUT2D eigenvalue weighted by molar-refractivity contribution is 5.96. The van der Waals surface area contributed by atoms with E-state index in [1.165, 1.54) is 0 Å². The van der Waals surface area contributed by atoms with E-state index >= 15 is 0 Å². The Kier molecular flexibility index (Phi) is 3.48. The SMILES string of the molecule is O=C(NC(C(=O)O)C1CC1)c1ccc(-n2cccc2)cc1. The summed E-state index contributed by atoms with van der Waals surface area (Å²) in [5.41, 5.74) is 1.42. The zero-order chi connectivity index (χ0) is 14.8. The van der Waals surface area contributed by atoms with Crippen molar-refractivity contribution in [2.24, 2.45) is 5.92 Å². The van der Waals surface area contributed by atoms with Gasteiger partial charge >= 0.3 is 5.97 Å². The Morgan fingerprint density at radius 1 is 1.14 bits per heavy atom. The summed E-state index contributed by atoms with van der Waals surface area (Å²) in [5.74, 6) is -1.23. The van der Waals surface area contributed by atoms with Crippen LogP contribution in [0.15, 0.2) is 48.8 Å². The van der Waals surface area contributed by atoms with Gasteiger partial charge in [0.05, 0.1) is 0 Å². The summed E-state index contributed by atoms with van der Waals surface area (Å²) >= 11 is 0. The molecule has 1 amide bonds. The molecular weight excluding hydrogens is 268 g/mol. The summed E-state index contributed by atoms with van der Waals surface area (Å²) in [4.78, 5) is 23.2. The minimum atomic E-state index is -0.963. The molecule has 5 heteroatoms. The number of carbonyl (C=O) groups is 2. The summed E-state index contributed by atoms with van der Waals surface area (Å²) in [5, 5.41) is 11.7. The van der Waals surface area contributed by atoms with E-state index in [1.807, 2.05) is 41.2 Å². The van der Waals surface area contributed by atoms with Crippen molar-refractivity contribution in [1.29, 1.82) is 0 Å². The zero-order valence-electron chi connectivity index (χ0n) is 11.4. The zero-order valence-corrected chi connectivity index (χ0v) is 11.4. The fraction of sp³-hybridized carbons (Fsp3) is 0.250. The van der Waals surface area contributed by atoms with Crippen LogP contribution in [0, 0.1) is 5.92 Å². The van der Waals surface area contributed by atoms with Gasteiger partial charge in [-0.05, 0) is 55.2 Å². The Bertz CT molecular complexity index is 643. The molecule has 2 N–H and O–H groups in total. The maximum Gasteiger partial charge on any atom is 0.326 e. The van der Waals surface area contributed by atoms with Gasteiger partial charge in [0.1, 0.15) is 6.04 Å². The van der Waals surface area contributed by atoms with Gasteiger partial charge in [-0.2, -0.15) is 0 Å². The highest BCUT2D eigenvalue weighted by atomic mass is 16.4. The van der Waals surface area contributed by atoms with Gasteiger partial charge in [-0.1, -0.05) is 0 Å². The second-order valence-electron chi connectivity index (χ2n) is 5.26. The highest BCUT2D eigenvalue weighted by Crippen LogP contribution is 2.32. The van der Waals surface area contributed by atoms with Crippen molar-refractivity contribution < 1.29 is 14.7 Å². The lowest BCUT2D eigenvalue weighted by Gasteiger charge is -2.13. The maximum absolute atomic E-state index is 12.1. The molecule has 1 fully saturated rings. The molecule has 1 heterocycles.